The van der Waals surface area contributed by atoms with Gasteiger partial charge in [-0.15, -0.1) is 0 Å². The molecule has 0 fully saturated rings. The van der Waals surface area contributed by atoms with Gasteiger partial charge in [-0.1, -0.05) is 25.5 Å². The van der Waals surface area contributed by atoms with E-state index in [0.29, 0.717) is 69.7 Å². The summed E-state index contributed by atoms with van der Waals surface area (Å²) in [4.78, 5) is 41.7. The molecule has 0 unspecified atom stereocenters. The first-order valence-electron chi connectivity index (χ1n) is 13.3. The highest BCUT2D eigenvalue weighted by atomic mass is 32.2. The van der Waals surface area contributed by atoms with Crippen LogP contribution in [0.2, 0.25) is 0 Å². The summed E-state index contributed by atoms with van der Waals surface area (Å²) in [5, 5.41) is 3.92. The van der Waals surface area contributed by atoms with Crippen LogP contribution in [0.25, 0.3) is 28.0 Å². The van der Waals surface area contributed by atoms with Crippen molar-refractivity contribution in [1.29, 1.82) is 0 Å². The number of fused-ring (bicyclic) bond motifs is 1. The number of thioether (sulfide) groups is 1. The average Bonchev–Trinajstić information content (AvgIpc) is 3.31. The van der Waals surface area contributed by atoms with Gasteiger partial charge >= 0.3 is 0 Å². The van der Waals surface area contributed by atoms with Crippen molar-refractivity contribution in [3.63, 3.8) is 0 Å². The fourth-order valence-corrected chi connectivity index (χ4v) is 5.16. The van der Waals surface area contributed by atoms with Gasteiger partial charge in [-0.2, -0.15) is 5.10 Å². The molecule has 2 heterocycles. The van der Waals surface area contributed by atoms with E-state index in [1.807, 2.05) is 6.07 Å². The van der Waals surface area contributed by atoms with E-state index in [1.165, 1.54) is 0 Å². The molecule has 0 aliphatic heterocycles. The molecule has 12 heteroatoms. The molecule has 0 saturated heterocycles. The number of carbonyl (C=O) groups is 2. The monoisotopic (exact) mass is 591 g/mol. The zero-order valence-electron chi connectivity index (χ0n) is 24.2. The fraction of sp³-hybridized carbons (Fsp3) is 0.300. The number of aryl methyl sites for hydroxylation is 2. The van der Waals surface area contributed by atoms with Crippen LogP contribution in [0.15, 0.2) is 52.2 Å². The van der Waals surface area contributed by atoms with Crippen LogP contribution in [-0.4, -0.2) is 51.7 Å². The Labute approximate surface area is 247 Å². The predicted molar refractivity (Wildman–Crippen MR) is 163 cm³/mol. The Kier molecular flexibility index (Phi) is 9.68. The number of hydrogen-bond acceptors (Lipinski definition) is 9. The second kappa shape index (κ2) is 13.4. The maximum atomic E-state index is 13.9. The lowest BCUT2D eigenvalue weighted by atomic mass is 10.1. The van der Waals surface area contributed by atoms with Gasteiger partial charge < -0.3 is 19.9 Å². The van der Waals surface area contributed by atoms with Gasteiger partial charge in [0.25, 0.3) is 10.8 Å². The topological polar surface area (TPSA) is 141 Å². The van der Waals surface area contributed by atoms with Crippen molar-refractivity contribution in [2.24, 2.45) is 12.8 Å². The molecule has 2 aromatic heterocycles. The number of rotatable bonds is 12. The van der Waals surface area contributed by atoms with Crippen molar-refractivity contribution in [2.45, 2.75) is 33.2 Å². The van der Waals surface area contributed by atoms with Crippen molar-refractivity contribution in [3.05, 3.63) is 69.0 Å². The summed E-state index contributed by atoms with van der Waals surface area (Å²) in [6.07, 6.45) is 2.18. The molecule has 220 valence electrons. The molecule has 2 N–H and O–H groups in total. The van der Waals surface area contributed by atoms with Gasteiger partial charge in [0.1, 0.15) is 23.7 Å². The summed E-state index contributed by atoms with van der Waals surface area (Å²) in [5.41, 5.74) is 8.83. The first kappa shape index (κ1) is 30.4. The Morgan fingerprint density at radius 2 is 1.81 bits per heavy atom. The highest BCUT2D eigenvalue weighted by Gasteiger charge is 2.20. The van der Waals surface area contributed by atoms with Crippen LogP contribution in [0.4, 0.5) is 4.79 Å². The summed E-state index contributed by atoms with van der Waals surface area (Å²) in [7, 11) is 4.86. The van der Waals surface area contributed by atoms with Crippen molar-refractivity contribution in [2.75, 3.05) is 20.8 Å². The largest absolute Gasteiger partial charge is 0.493 e. The number of carbonyl (C=O) groups excluding carboxylic acids is 2. The van der Waals surface area contributed by atoms with Crippen LogP contribution in [-0.2, 0) is 24.8 Å². The summed E-state index contributed by atoms with van der Waals surface area (Å²) in [5.74, 6) is 2.12. The minimum atomic E-state index is -0.653. The molecular weight excluding hydrogens is 558 g/mol. The maximum Gasteiger partial charge on any atom is 0.281 e. The summed E-state index contributed by atoms with van der Waals surface area (Å²) in [6, 6.07) is 12.5. The fourth-order valence-electron chi connectivity index (χ4n) is 4.62. The molecule has 4 rings (SSSR count). The summed E-state index contributed by atoms with van der Waals surface area (Å²) in [6.45, 7) is 4.19. The number of methoxy groups -OCH3 is 2. The third kappa shape index (κ3) is 6.33. The number of nitrogens with two attached hydrogens (primary N) is 1. The van der Waals surface area contributed by atoms with E-state index >= 15 is 0 Å². The molecule has 0 bridgehead atoms. The molecule has 0 radical (unpaired) electrons. The SMILES string of the molecule is CCCc1nn(C)c2c(=O)n(CCOc3ccc(/C(C)=C(\C=O)SC(N)=O)cc3)c(-c3ccc(OC)c(OC)c3)nc12. The van der Waals surface area contributed by atoms with E-state index in [4.69, 9.17) is 24.9 Å². The number of hydrogen-bond donors (Lipinski definition) is 1. The van der Waals surface area contributed by atoms with Gasteiger partial charge in [0, 0.05) is 12.6 Å². The van der Waals surface area contributed by atoms with Gasteiger partial charge in [-0.25, -0.2) is 4.98 Å². The summed E-state index contributed by atoms with van der Waals surface area (Å²) >= 11 is 0.689. The zero-order chi connectivity index (χ0) is 30.4. The molecule has 0 atom stereocenters. The third-order valence-electron chi connectivity index (χ3n) is 6.70. The van der Waals surface area contributed by atoms with Crippen LogP contribution in [0, 0.1) is 0 Å². The van der Waals surface area contributed by atoms with Crippen molar-refractivity contribution >= 4 is 39.9 Å². The van der Waals surface area contributed by atoms with E-state index in [9.17, 15) is 14.4 Å². The number of ether oxygens (including phenoxy) is 3. The number of aldehydes is 1. The Balaban J connectivity index is 1.67. The standard InChI is InChI=1S/C30H33N5O6S/c1-6-7-22-26-27(34(3)33-22)29(37)35(28(32-26)20-10-13-23(39-4)24(16-20)40-5)14-15-41-21-11-8-19(9-12-21)18(2)25(17-36)42-30(31)38/h8-13,16-17H,6-7,14-15H2,1-5H3,(H2,31,38)/b25-18+. The molecule has 42 heavy (non-hydrogen) atoms. The predicted octanol–water partition coefficient (Wildman–Crippen LogP) is 4.59. The molecule has 4 aromatic rings. The highest BCUT2D eigenvalue weighted by Crippen LogP contribution is 2.32. The minimum Gasteiger partial charge on any atom is -0.493 e. The molecule has 0 spiro atoms. The van der Waals surface area contributed by atoms with Crippen LogP contribution >= 0.6 is 11.8 Å². The molecule has 11 nitrogen and oxygen atoms in total. The van der Waals surface area contributed by atoms with Crippen molar-refractivity contribution in [3.8, 4) is 28.6 Å². The molecule has 1 amide bonds. The van der Waals surface area contributed by atoms with Gasteiger partial charge in [-0.05, 0) is 66.6 Å². The van der Waals surface area contributed by atoms with Gasteiger partial charge in [-0.3, -0.25) is 23.6 Å². The quantitative estimate of drug-likeness (QED) is 0.185. The Morgan fingerprint density at radius 3 is 2.43 bits per heavy atom. The van der Waals surface area contributed by atoms with E-state index in [1.54, 1.807) is 73.8 Å². The van der Waals surface area contributed by atoms with Crippen LogP contribution in [0.1, 0.15) is 31.5 Å². The first-order valence-corrected chi connectivity index (χ1v) is 14.1. The maximum absolute atomic E-state index is 13.9. The molecular formula is C30H33N5O6S. The first-order chi connectivity index (χ1) is 20.2. The average molecular weight is 592 g/mol. The number of amides is 1. The lowest BCUT2D eigenvalue weighted by Gasteiger charge is -2.15. The number of primary amides is 1. The van der Waals surface area contributed by atoms with Crippen molar-refractivity contribution in [1.82, 2.24) is 19.3 Å². The van der Waals surface area contributed by atoms with E-state index in [-0.39, 0.29) is 23.6 Å². The third-order valence-corrected chi connectivity index (χ3v) is 7.52. The van der Waals surface area contributed by atoms with Crippen LogP contribution in [0.3, 0.4) is 0 Å². The Morgan fingerprint density at radius 1 is 1.10 bits per heavy atom. The number of allylic oxidation sites excluding steroid dienone is 2. The molecule has 0 aliphatic rings. The zero-order valence-corrected chi connectivity index (χ0v) is 25.0. The Hall–Kier alpha value is -4.58. The molecule has 2 aromatic carbocycles. The molecule has 0 saturated carbocycles. The number of aromatic nitrogens is 4. The summed E-state index contributed by atoms with van der Waals surface area (Å²) < 4.78 is 20.1. The van der Waals surface area contributed by atoms with Crippen LogP contribution in [0.5, 0.6) is 17.2 Å². The van der Waals surface area contributed by atoms with Crippen LogP contribution < -0.4 is 25.5 Å². The van der Waals surface area contributed by atoms with Gasteiger partial charge in [0.2, 0.25) is 0 Å². The van der Waals surface area contributed by atoms with Crippen molar-refractivity contribution < 1.29 is 23.8 Å². The second-order valence-electron chi connectivity index (χ2n) is 9.38. The lowest BCUT2D eigenvalue weighted by Crippen LogP contribution is -2.27. The smallest absolute Gasteiger partial charge is 0.281 e. The second-order valence-corrected chi connectivity index (χ2v) is 10.4. The minimum absolute atomic E-state index is 0.179. The van der Waals surface area contributed by atoms with E-state index in [0.717, 1.165) is 17.7 Å². The Bertz CT molecular complexity index is 1710. The molecule has 0 aliphatic carbocycles. The lowest BCUT2D eigenvalue weighted by molar-refractivity contribution is -0.104. The number of benzene rings is 2. The normalized spacial score (nSPS) is 11.7. The highest BCUT2D eigenvalue weighted by molar-refractivity contribution is 8.17. The van der Waals surface area contributed by atoms with Gasteiger partial charge in [0.05, 0.1) is 31.4 Å². The number of nitrogens with zero attached hydrogens (tertiary/aromatic N) is 4. The van der Waals surface area contributed by atoms with E-state index in [2.05, 4.69) is 12.0 Å². The van der Waals surface area contributed by atoms with Gasteiger partial charge in [0.15, 0.2) is 23.3 Å². The van der Waals surface area contributed by atoms with E-state index < -0.39 is 5.24 Å².